The molecule has 0 aliphatic carbocycles. The van der Waals surface area contributed by atoms with Crippen molar-refractivity contribution in [2.24, 2.45) is 28.1 Å². The number of rotatable bonds is 33. The van der Waals surface area contributed by atoms with Gasteiger partial charge in [-0.1, -0.05) is 123 Å². The van der Waals surface area contributed by atoms with Crippen LogP contribution in [0.3, 0.4) is 0 Å². The molecule has 0 aromatic heterocycles. The number of carbonyl (C=O) groups is 11. The average Bonchev–Trinajstić information content (AvgIpc) is 1.82. The van der Waals surface area contributed by atoms with Crippen LogP contribution in [-0.4, -0.2) is 178 Å². The van der Waals surface area contributed by atoms with Crippen molar-refractivity contribution in [1.82, 2.24) is 52.3 Å². The number of phenols is 1. The summed E-state index contributed by atoms with van der Waals surface area (Å²) in [5.41, 5.74) is 18.4. The number of aliphatic imine (C=N–C) groups is 1. The molecule has 0 unspecified atom stereocenters. The highest BCUT2D eigenvalue weighted by atomic mass is 19.1. The number of hydrogen-bond acceptors (Lipinski definition) is 14. The van der Waals surface area contributed by atoms with Gasteiger partial charge in [0.1, 0.15) is 65.9 Å². The maximum Gasteiger partial charge on any atom is 0.245 e. The van der Waals surface area contributed by atoms with Crippen LogP contribution in [0, 0.1) is 11.7 Å². The average molecular weight is 1390 g/mol. The maximum absolute atomic E-state index is 15.2. The lowest BCUT2D eigenvalue weighted by Gasteiger charge is -2.30. The Labute approximate surface area is 583 Å². The summed E-state index contributed by atoms with van der Waals surface area (Å²) in [5.74, 6) is -9.69. The molecular formula is C73H89FN14O13. The second-order valence-corrected chi connectivity index (χ2v) is 25.9. The van der Waals surface area contributed by atoms with E-state index >= 15 is 9.59 Å². The van der Waals surface area contributed by atoms with E-state index in [9.17, 15) is 57.8 Å². The monoisotopic (exact) mass is 1390 g/mol. The minimum Gasteiger partial charge on any atom is -0.508 e. The summed E-state index contributed by atoms with van der Waals surface area (Å²) in [6, 6.07) is 24.1. The first-order chi connectivity index (χ1) is 48.3. The summed E-state index contributed by atoms with van der Waals surface area (Å²) in [5, 5.41) is 46.1. The first-order valence-corrected chi connectivity index (χ1v) is 33.7. The first kappa shape index (κ1) is 75.7. The number of benzene rings is 6. The Morgan fingerprint density at radius 1 is 0.515 bits per heavy atom. The van der Waals surface area contributed by atoms with Crippen LogP contribution >= 0.6 is 0 Å². The largest absolute Gasteiger partial charge is 0.508 e. The number of hydrogen-bond donors (Lipinski definition) is 13. The van der Waals surface area contributed by atoms with Crippen LogP contribution in [0.4, 0.5) is 4.39 Å². The highest BCUT2D eigenvalue weighted by molar-refractivity contribution is 6.00. The number of halogens is 1. The van der Waals surface area contributed by atoms with Crippen LogP contribution in [0.5, 0.6) is 5.75 Å². The Hall–Kier alpha value is -11.0. The van der Waals surface area contributed by atoms with Crippen LogP contribution in [0.25, 0.3) is 21.5 Å². The number of nitrogens with zero attached hydrogens (tertiary/aromatic N) is 3. The van der Waals surface area contributed by atoms with Gasteiger partial charge in [-0.25, -0.2) is 4.39 Å². The fourth-order valence-corrected chi connectivity index (χ4v) is 12.5. The standard InChI is InChI=1S/C73H89FN14O13/c1-42(2)33-55(64(93)80-54(15-8-30-78-73(76)77)72(101)88-32-10-16-61(88)70(99)79-40-63(75)92)81-67(96)58(38-46-18-24-48-11-4-6-13-50(48)34-46)82-65(94)56(37-45-22-28-53(91)29-23-45)84-69(98)60(41-89)86-68(97)59(39-47-19-25-49-12-5-7-14-51(49)35-47)83-66(95)57(36-44-20-26-52(74)27-21-44)85-71(100)62-17-9-31-87(62)43(3)90/h4-7,11-14,18-29,34-35,42,54-62,89,91H,8-10,15-17,30-33,36-41H2,1-3H3,(H2,75,92)(H,79,99)(H,80,93)(H,81,96)(H,82,94)(H,83,95)(H,84,98)(H,85,100)(H,86,97)(H4,76,77,78)/t54-,55-,56-,57+,58+,59+,60-,61-,62-/m0/s1. The SMILES string of the molecule is CC(=O)N1CCC[C@H]1C(=O)N[C@H](Cc1ccc(F)cc1)C(=O)N[C@H](Cc1ccc2ccccc2c1)C(=O)N[C@@H](CO)C(=O)N[C@@H](Cc1ccc(O)cc1)C(=O)N[C@H](Cc1ccc2ccccc2c1)C(=O)N[C@@H](CC(C)C)C(=O)N[C@@H](CCCN=C(N)N)C(=O)N1CCC[C@H]1C(=O)NCC(N)=O. The molecule has 9 atom stereocenters. The van der Waals surface area contributed by atoms with Gasteiger partial charge in [-0.2, -0.15) is 0 Å². The van der Waals surface area contributed by atoms with Crippen molar-refractivity contribution in [3.63, 3.8) is 0 Å². The lowest BCUT2D eigenvalue weighted by Crippen LogP contribution is -2.61. The molecule has 11 amide bonds. The highest BCUT2D eigenvalue weighted by Crippen LogP contribution is 2.24. The lowest BCUT2D eigenvalue weighted by atomic mass is 9.98. The Bertz CT molecular complexity index is 4000. The van der Waals surface area contributed by atoms with E-state index in [0.717, 1.165) is 21.5 Å². The third-order valence-electron chi connectivity index (χ3n) is 17.7. The van der Waals surface area contributed by atoms with Crippen LogP contribution in [-0.2, 0) is 78.4 Å². The number of primary amides is 1. The van der Waals surface area contributed by atoms with Crippen molar-refractivity contribution in [2.45, 2.75) is 146 Å². The molecule has 6 aromatic carbocycles. The summed E-state index contributed by atoms with van der Waals surface area (Å²) in [4.78, 5) is 162. The van der Waals surface area contributed by atoms with Gasteiger partial charge in [0.15, 0.2) is 5.96 Å². The highest BCUT2D eigenvalue weighted by Gasteiger charge is 2.41. The predicted octanol–water partition coefficient (Wildman–Crippen LogP) is 1.20. The number of amides is 11. The molecule has 2 saturated heterocycles. The number of likely N-dealkylation sites (tertiary alicyclic amines) is 2. The van der Waals surface area contributed by atoms with Crippen molar-refractivity contribution in [3.8, 4) is 5.75 Å². The van der Waals surface area contributed by atoms with E-state index in [4.69, 9.17) is 17.2 Å². The molecule has 28 heteroatoms. The molecule has 536 valence electrons. The van der Waals surface area contributed by atoms with Gasteiger partial charge in [0.25, 0.3) is 0 Å². The van der Waals surface area contributed by atoms with Gasteiger partial charge >= 0.3 is 0 Å². The number of aliphatic hydroxyl groups is 1. The van der Waals surface area contributed by atoms with E-state index in [1.54, 1.807) is 32.0 Å². The topological polar surface area (TPSA) is 421 Å². The smallest absolute Gasteiger partial charge is 0.245 e. The molecule has 6 aromatic rings. The van der Waals surface area contributed by atoms with Crippen molar-refractivity contribution >= 4 is 92.5 Å². The molecule has 101 heavy (non-hydrogen) atoms. The van der Waals surface area contributed by atoms with Gasteiger partial charge in [0, 0.05) is 52.2 Å². The molecule has 0 bridgehead atoms. The van der Waals surface area contributed by atoms with E-state index in [1.165, 1.54) is 65.3 Å². The Morgan fingerprint density at radius 2 is 0.931 bits per heavy atom. The van der Waals surface area contributed by atoms with Crippen LogP contribution in [0.2, 0.25) is 0 Å². The van der Waals surface area contributed by atoms with Crippen molar-refractivity contribution < 1.29 is 67.3 Å². The molecule has 2 fully saturated rings. The zero-order chi connectivity index (χ0) is 72.9. The van der Waals surface area contributed by atoms with Crippen LogP contribution < -0.4 is 59.7 Å². The molecule has 2 aliphatic heterocycles. The normalized spacial score (nSPS) is 16.3. The minimum absolute atomic E-state index is 0.0141. The fourth-order valence-electron chi connectivity index (χ4n) is 12.5. The zero-order valence-electron chi connectivity index (χ0n) is 56.6. The van der Waals surface area contributed by atoms with Gasteiger partial charge in [-0.15, -0.1) is 0 Å². The Balaban J connectivity index is 1.07. The van der Waals surface area contributed by atoms with Gasteiger partial charge in [0.05, 0.1) is 13.2 Å². The third-order valence-corrected chi connectivity index (χ3v) is 17.7. The van der Waals surface area contributed by atoms with Crippen molar-refractivity contribution in [3.05, 3.63) is 162 Å². The maximum atomic E-state index is 15.2. The summed E-state index contributed by atoms with van der Waals surface area (Å²) < 4.78 is 14.2. The number of phenolic OH excluding ortho intramolecular Hbond substituents is 1. The summed E-state index contributed by atoms with van der Waals surface area (Å²) in [7, 11) is 0. The number of carbonyl (C=O) groups excluding carboxylic acids is 11. The zero-order valence-corrected chi connectivity index (χ0v) is 56.6. The number of fused-ring (bicyclic) bond motifs is 2. The number of aliphatic hydroxyl groups excluding tert-OH is 1. The number of nitrogens with two attached hydrogens (primary N) is 3. The molecule has 27 nitrogen and oxygen atoms in total. The van der Waals surface area contributed by atoms with Gasteiger partial charge in [0.2, 0.25) is 65.0 Å². The molecule has 2 aliphatic rings. The molecule has 8 rings (SSSR count). The molecule has 16 N–H and O–H groups in total. The van der Waals surface area contributed by atoms with E-state index in [0.29, 0.717) is 48.1 Å². The second-order valence-electron chi connectivity index (χ2n) is 25.9. The van der Waals surface area contributed by atoms with Crippen LogP contribution in [0.15, 0.2) is 138 Å². The van der Waals surface area contributed by atoms with Crippen LogP contribution in [0.1, 0.15) is 88.0 Å². The summed E-state index contributed by atoms with van der Waals surface area (Å²) in [6.07, 6.45) is 0.843. The van der Waals surface area contributed by atoms with E-state index in [2.05, 4.69) is 47.5 Å². The molecular weight excluding hydrogens is 1300 g/mol. The Kier molecular flexibility index (Phi) is 27.1. The van der Waals surface area contributed by atoms with E-state index < -0.39 is 132 Å². The molecule has 0 saturated carbocycles. The molecule has 0 radical (unpaired) electrons. The lowest BCUT2D eigenvalue weighted by molar-refractivity contribution is -0.142. The van der Waals surface area contributed by atoms with Crippen molar-refractivity contribution in [1.29, 1.82) is 0 Å². The summed E-state index contributed by atoms with van der Waals surface area (Å²) >= 11 is 0. The quantitative estimate of drug-likeness (QED) is 0.0156. The number of aromatic hydroxyl groups is 1. The van der Waals surface area contributed by atoms with Gasteiger partial charge in [-0.3, -0.25) is 57.7 Å². The summed E-state index contributed by atoms with van der Waals surface area (Å²) in [6.45, 7) is 3.94. The third kappa shape index (κ3) is 22.0. The van der Waals surface area contributed by atoms with Crippen molar-refractivity contribution in [2.75, 3.05) is 32.8 Å². The van der Waals surface area contributed by atoms with E-state index in [1.807, 2.05) is 66.7 Å². The van der Waals surface area contributed by atoms with Gasteiger partial charge < -0.3 is 79.7 Å². The predicted molar refractivity (Wildman–Crippen MR) is 375 cm³/mol. The minimum atomic E-state index is -1.83. The molecule has 2 heterocycles. The fraction of sp³-hybridized carbons (Fsp3) is 0.397. The van der Waals surface area contributed by atoms with E-state index in [-0.39, 0.29) is 88.0 Å². The van der Waals surface area contributed by atoms with Gasteiger partial charge in [-0.05, 0) is 119 Å². The Morgan fingerprint density at radius 3 is 1.42 bits per heavy atom. The number of nitrogens with one attached hydrogen (secondary N) is 8. The molecule has 0 spiro atoms. The second kappa shape index (κ2) is 36.2. The first-order valence-electron chi connectivity index (χ1n) is 33.7. The number of guanidine groups is 1.